The second kappa shape index (κ2) is 9.76. The first-order chi connectivity index (χ1) is 13.2. The molecule has 2 N–H and O–H groups in total. The van der Waals surface area contributed by atoms with Crippen LogP contribution in [0.4, 0.5) is 0 Å². The fourth-order valence-electron chi connectivity index (χ4n) is 3.24. The molecule has 1 aromatic carbocycles. The van der Waals surface area contributed by atoms with Crippen molar-refractivity contribution in [3.63, 3.8) is 0 Å². The number of aliphatic hydroxyl groups is 1. The van der Waals surface area contributed by atoms with Gasteiger partial charge in [-0.25, -0.2) is 0 Å². The van der Waals surface area contributed by atoms with Gasteiger partial charge < -0.3 is 24.6 Å². The summed E-state index contributed by atoms with van der Waals surface area (Å²) in [5.41, 5.74) is 1.09. The van der Waals surface area contributed by atoms with Crippen LogP contribution in [0.2, 0.25) is 0 Å². The van der Waals surface area contributed by atoms with Crippen molar-refractivity contribution >= 4 is 5.91 Å². The second-order valence-corrected chi connectivity index (χ2v) is 7.10. The van der Waals surface area contributed by atoms with Crippen LogP contribution in [-0.2, 0) is 14.3 Å². The number of hydrogen-bond acceptors (Lipinski definition) is 5. The molecule has 2 atom stereocenters. The third-order valence-electron chi connectivity index (χ3n) is 5.12. The highest BCUT2D eigenvalue weighted by Gasteiger charge is 2.30. The predicted octanol–water partition coefficient (Wildman–Crippen LogP) is 2.87. The van der Waals surface area contributed by atoms with E-state index in [1.54, 1.807) is 7.11 Å². The highest BCUT2D eigenvalue weighted by Crippen LogP contribution is 2.32. The average molecular weight is 375 g/mol. The molecule has 148 valence electrons. The van der Waals surface area contributed by atoms with Crippen molar-refractivity contribution in [2.45, 2.75) is 56.8 Å². The molecule has 1 aliphatic carbocycles. The van der Waals surface area contributed by atoms with E-state index in [0.717, 1.165) is 37.0 Å². The van der Waals surface area contributed by atoms with E-state index in [4.69, 9.17) is 19.3 Å². The minimum absolute atomic E-state index is 0.0367. The van der Waals surface area contributed by atoms with E-state index in [1.807, 2.05) is 30.3 Å². The van der Waals surface area contributed by atoms with E-state index in [1.165, 1.54) is 0 Å². The molecule has 0 radical (unpaired) electrons. The Kier molecular flexibility index (Phi) is 7.12. The van der Waals surface area contributed by atoms with Gasteiger partial charge in [-0.2, -0.15) is 0 Å². The van der Waals surface area contributed by atoms with Gasteiger partial charge >= 0.3 is 0 Å². The molecular weight excluding hydrogens is 346 g/mol. The number of hydrogen-bond donors (Lipinski definition) is 2. The fraction of sp³-hybridized carbons (Fsp3) is 0.571. The molecule has 0 spiro atoms. The predicted molar refractivity (Wildman–Crippen MR) is 101 cm³/mol. The average Bonchev–Trinajstić information content (AvgIpc) is 2.67. The smallest absolute Gasteiger partial charge is 0.286 e. The first-order valence-electron chi connectivity index (χ1n) is 9.75. The van der Waals surface area contributed by atoms with Gasteiger partial charge in [0.05, 0.1) is 13.7 Å². The molecule has 1 fully saturated rings. The lowest BCUT2D eigenvalue weighted by Gasteiger charge is -2.31. The van der Waals surface area contributed by atoms with E-state index < -0.39 is 6.29 Å². The topological polar surface area (TPSA) is 77.0 Å². The summed E-state index contributed by atoms with van der Waals surface area (Å²) >= 11 is 0. The number of amides is 1. The van der Waals surface area contributed by atoms with Crippen molar-refractivity contribution in [2.24, 2.45) is 0 Å². The van der Waals surface area contributed by atoms with Gasteiger partial charge in [0.1, 0.15) is 5.75 Å². The van der Waals surface area contributed by atoms with Gasteiger partial charge in [0.2, 0.25) is 6.29 Å². The molecule has 1 aromatic rings. The Balaban J connectivity index is 1.69. The van der Waals surface area contributed by atoms with Gasteiger partial charge in [0.25, 0.3) is 5.91 Å². The number of nitrogens with one attached hydrogen (secondary N) is 1. The van der Waals surface area contributed by atoms with Gasteiger partial charge in [-0.15, -0.1) is 0 Å². The zero-order valence-corrected chi connectivity index (χ0v) is 15.9. The Hall–Kier alpha value is -2.05. The maximum Gasteiger partial charge on any atom is 0.286 e. The Morgan fingerprint density at radius 1 is 1.26 bits per heavy atom. The minimum atomic E-state index is -0.470. The van der Waals surface area contributed by atoms with Crippen LogP contribution >= 0.6 is 0 Å². The maximum atomic E-state index is 12.6. The Morgan fingerprint density at radius 2 is 2.04 bits per heavy atom. The molecule has 0 saturated heterocycles. The van der Waals surface area contributed by atoms with Crippen LogP contribution in [0.25, 0.3) is 0 Å². The summed E-state index contributed by atoms with van der Waals surface area (Å²) in [6, 6.07) is 8.12. The van der Waals surface area contributed by atoms with Crippen molar-refractivity contribution < 1.29 is 24.1 Å². The number of carbonyl (C=O) groups excluding carboxylic acids is 1. The normalized spacial score (nSPS) is 22.4. The largest absolute Gasteiger partial charge is 0.497 e. The summed E-state index contributed by atoms with van der Waals surface area (Å²) in [6.45, 7) is 0.649. The summed E-state index contributed by atoms with van der Waals surface area (Å²) in [6.07, 6.45) is 6.74. The van der Waals surface area contributed by atoms with Crippen LogP contribution in [0, 0.1) is 0 Å². The highest BCUT2D eigenvalue weighted by atomic mass is 16.7. The SMILES string of the molecule is COc1ccc([C@@H]2C=C(C(=O)NC3CCC3)O[C@H](OCCCCO)C2)cc1. The second-order valence-electron chi connectivity index (χ2n) is 7.10. The Morgan fingerprint density at radius 3 is 2.67 bits per heavy atom. The third-order valence-corrected chi connectivity index (χ3v) is 5.12. The molecule has 0 bridgehead atoms. The van der Waals surface area contributed by atoms with Crippen molar-refractivity contribution in [1.82, 2.24) is 5.32 Å². The number of aliphatic hydroxyl groups excluding tert-OH is 1. The lowest BCUT2D eigenvalue weighted by atomic mass is 9.91. The number of unbranched alkanes of at least 4 members (excludes halogenated alkanes) is 1. The Labute approximate surface area is 160 Å². The molecule has 6 heteroatoms. The summed E-state index contributed by atoms with van der Waals surface area (Å²) in [5, 5.41) is 11.9. The van der Waals surface area contributed by atoms with Crippen LogP contribution in [0.5, 0.6) is 5.75 Å². The molecule has 1 saturated carbocycles. The molecule has 0 aromatic heterocycles. The van der Waals surface area contributed by atoms with Crippen LogP contribution in [0.15, 0.2) is 36.1 Å². The van der Waals surface area contributed by atoms with Crippen LogP contribution in [-0.4, -0.2) is 43.7 Å². The molecule has 0 unspecified atom stereocenters. The van der Waals surface area contributed by atoms with Crippen LogP contribution in [0.1, 0.15) is 50.0 Å². The maximum absolute atomic E-state index is 12.6. The molecule has 1 heterocycles. The standard InChI is InChI=1S/C21H29NO5/c1-25-18-9-7-15(8-10-18)16-13-19(21(24)22-17-5-4-6-17)27-20(14-16)26-12-3-2-11-23/h7-10,13,16-17,20,23H,2-6,11-12,14H2,1H3,(H,22,24)/t16-,20+/m1/s1. The van der Waals surface area contributed by atoms with E-state index in [0.29, 0.717) is 25.2 Å². The summed E-state index contributed by atoms with van der Waals surface area (Å²) in [5.74, 6) is 1.01. The number of rotatable bonds is 9. The zero-order valence-electron chi connectivity index (χ0n) is 15.9. The van der Waals surface area contributed by atoms with Crippen LogP contribution in [0.3, 0.4) is 0 Å². The molecule has 1 aliphatic heterocycles. The molecule has 1 amide bonds. The monoisotopic (exact) mass is 375 g/mol. The number of carbonyl (C=O) groups is 1. The van der Waals surface area contributed by atoms with Crippen molar-refractivity contribution in [3.05, 3.63) is 41.7 Å². The molecule has 27 heavy (non-hydrogen) atoms. The Bertz CT molecular complexity index is 638. The van der Waals surface area contributed by atoms with Gasteiger partial charge in [-0.1, -0.05) is 12.1 Å². The number of benzene rings is 1. The number of ether oxygens (including phenoxy) is 3. The number of allylic oxidation sites excluding steroid dienone is 1. The van der Waals surface area contributed by atoms with E-state index >= 15 is 0 Å². The quantitative estimate of drug-likeness (QED) is 0.649. The number of methoxy groups -OCH3 is 1. The van der Waals surface area contributed by atoms with Gasteiger partial charge in [0.15, 0.2) is 5.76 Å². The van der Waals surface area contributed by atoms with Gasteiger partial charge in [-0.3, -0.25) is 4.79 Å². The highest BCUT2D eigenvalue weighted by molar-refractivity contribution is 5.92. The van der Waals surface area contributed by atoms with E-state index in [-0.39, 0.29) is 24.5 Å². The van der Waals surface area contributed by atoms with Crippen molar-refractivity contribution in [2.75, 3.05) is 20.3 Å². The minimum Gasteiger partial charge on any atom is -0.497 e. The zero-order chi connectivity index (χ0) is 19.1. The molecular formula is C21H29NO5. The van der Waals surface area contributed by atoms with Crippen molar-refractivity contribution in [1.29, 1.82) is 0 Å². The summed E-state index contributed by atoms with van der Waals surface area (Å²) in [4.78, 5) is 12.6. The molecule has 2 aliphatic rings. The first kappa shape index (κ1) is 19.7. The first-order valence-corrected chi connectivity index (χ1v) is 9.75. The van der Waals surface area contributed by atoms with E-state index in [2.05, 4.69) is 5.32 Å². The van der Waals surface area contributed by atoms with Crippen molar-refractivity contribution in [3.8, 4) is 5.75 Å². The lowest BCUT2D eigenvalue weighted by Crippen LogP contribution is -2.42. The van der Waals surface area contributed by atoms with Gasteiger partial charge in [-0.05, 0) is 55.9 Å². The van der Waals surface area contributed by atoms with Crippen LogP contribution < -0.4 is 10.1 Å². The summed E-state index contributed by atoms with van der Waals surface area (Å²) < 4.78 is 16.9. The molecule has 6 nitrogen and oxygen atoms in total. The van der Waals surface area contributed by atoms with Gasteiger partial charge in [0, 0.05) is 25.0 Å². The van der Waals surface area contributed by atoms with E-state index in [9.17, 15) is 4.79 Å². The third kappa shape index (κ3) is 5.47. The summed E-state index contributed by atoms with van der Waals surface area (Å²) in [7, 11) is 1.64. The molecule has 3 rings (SSSR count). The lowest BCUT2D eigenvalue weighted by molar-refractivity contribution is -0.147. The fourth-order valence-corrected chi connectivity index (χ4v) is 3.24.